The summed E-state index contributed by atoms with van der Waals surface area (Å²) in [5.74, 6) is -0.262. The van der Waals surface area contributed by atoms with Gasteiger partial charge in [0.2, 0.25) is 5.91 Å². The standard InChI is InChI=1S/C8H8ClNO3S.Na.H/c1-5(11)10-7-2-6(9)3-8(4-7)14(12)13;;/h2-4H,1H3,(H,10,11)(H,12,13);;. The molecule has 78 valence electrons. The SMILES string of the molecule is CC(=O)Nc1cc(Cl)cc(S(=O)O)c1.[NaH]. The monoisotopic (exact) mass is 257 g/mol. The van der Waals surface area contributed by atoms with E-state index in [0.717, 1.165) is 0 Å². The minimum atomic E-state index is -2.10. The Morgan fingerprint density at radius 1 is 1.47 bits per heavy atom. The van der Waals surface area contributed by atoms with Gasteiger partial charge in [-0.1, -0.05) is 11.6 Å². The molecule has 1 aromatic carbocycles. The summed E-state index contributed by atoms with van der Waals surface area (Å²) in [4.78, 5) is 10.9. The van der Waals surface area contributed by atoms with Crippen LogP contribution in [0.3, 0.4) is 0 Å². The van der Waals surface area contributed by atoms with Gasteiger partial charge in [0.25, 0.3) is 0 Å². The van der Waals surface area contributed by atoms with E-state index in [0.29, 0.717) is 10.7 Å². The fraction of sp³-hybridized carbons (Fsp3) is 0.125. The van der Waals surface area contributed by atoms with E-state index in [1.807, 2.05) is 0 Å². The van der Waals surface area contributed by atoms with Crippen molar-refractivity contribution >= 4 is 63.8 Å². The van der Waals surface area contributed by atoms with E-state index in [2.05, 4.69) is 5.32 Å². The zero-order valence-electron chi connectivity index (χ0n) is 7.28. The van der Waals surface area contributed by atoms with Gasteiger partial charge in [0.05, 0.1) is 4.90 Å². The van der Waals surface area contributed by atoms with Gasteiger partial charge in [0, 0.05) is 17.6 Å². The van der Waals surface area contributed by atoms with Gasteiger partial charge in [0.15, 0.2) is 11.1 Å². The molecule has 0 aliphatic rings. The quantitative estimate of drug-likeness (QED) is 0.619. The number of hydrogen-bond acceptors (Lipinski definition) is 2. The Morgan fingerprint density at radius 2 is 2.07 bits per heavy atom. The number of nitrogens with one attached hydrogen (secondary N) is 1. The van der Waals surface area contributed by atoms with Crippen LogP contribution in [0.4, 0.5) is 5.69 Å². The van der Waals surface area contributed by atoms with E-state index < -0.39 is 11.1 Å². The van der Waals surface area contributed by atoms with Crippen LogP contribution < -0.4 is 5.32 Å². The first kappa shape index (κ1) is 15.1. The Bertz CT molecular complexity index is 399. The van der Waals surface area contributed by atoms with Gasteiger partial charge < -0.3 is 9.87 Å². The van der Waals surface area contributed by atoms with Gasteiger partial charge >= 0.3 is 29.6 Å². The summed E-state index contributed by atoms with van der Waals surface area (Å²) in [6.45, 7) is 1.34. The predicted octanol–water partition coefficient (Wildman–Crippen LogP) is 1.23. The molecule has 1 amide bonds. The van der Waals surface area contributed by atoms with Gasteiger partial charge in [-0.25, -0.2) is 4.21 Å². The summed E-state index contributed by atoms with van der Waals surface area (Å²) < 4.78 is 19.5. The van der Waals surface area contributed by atoms with Crippen molar-refractivity contribution in [1.82, 2.24) is 0 Å². The van der Waals surface area contributed by atoms with Crippen LogP contribution in [0, 0.1) is 0 Å². The zero-order chi connectivity index (χ0) is 10.7. The Labute approximate surface area is 117 Å². The molecule has 0 spiro atoms. The summed E-state index contributed by atoms with van der Waals surface area (Å²) in [5, 5.41) is 2.77. The van der Waals surface area contributed by atoms with E-state index in [-0.39, 0.29) is 40.4 Å². The van der Waals surface area contributed by atoms with Crippen molar-refractivity contribution in [2.24, 2.45) is 0 Å². The molecule has 0 radical (unpaired) electrons. The first-order valence-corrected chi connectivity index (χ1v) is 5.16. The molecule has 0 bridgehead atoms. The number of carbonyl (C=O) groups is 1. The van der Waals surface area contributed by atoms with E-state index in [9.17, 15) is 9.00 Å². The molecule has 0 heterocycles. The van der Waals surface area contributed by atoms with E-state index in [1.165, 1.54) is 25.1 Å². The fourth-order valence-electron chi connectivity index (χ4n) is 0.939. The van der Waals surface area contributed by atoms with Crippen LogP contribution >= 0.6 is 11.6 Å². The van der Waals surface area contributed by atoms with Crippen molar-refractivity contribution in [3.8, 4) is 0 Å². The number of carbonyl (C=O) groups excluding carboxylic acids is 1. The van der Waals surface area contributed by atoms with Gasteiger partial charge in [-0.3, -0.25) is 4.79 Å². The number of benzene rings is 1. The molecule has 7 heteroatoms. The summed E-state index contributed by atoms with van der Waals surface area (Å²) in [7, 11) is 0. The third-order valence-corrected chi connectivity index (χ3v) is 2.25. The molecule has 4 nitrogen and oxygen atoms in total. The molecule has 0 aliphatic heterocycles. The molecule has 1 atom stereocenters. The summed E-state index contributed by atoms with van der Waals surface area (Å²) in [6.07, 6.45) is 0. The Hall–Kier alpha value is 0.0900. The number of rotatable bonds is 2. The predicted molar refractivity (Wildman–Crippen MR) is 61.9 cm³/mol. The second-order valence-electron chi connectivity index (χ2n) is 2.61. The Balaban J connectivity index is 0.00000196. The van der Waals surface area contributed by atoms with Crippen LogP contribution in [0.2, 0.25) is 5.02 Å². The van der Waals surface area contributed by atoms with Crippen molar-refractivity contribution in [3.05, 3.63) is 23.2 Å². The third-order valence-electron chi connectivity index (χ3n) is 1.39. The Morgan fingerprint density at radius 3 is 2.53 bits per heavy atom. The molecule has 15 heavy (non-hydrogen) atoms. The first-order chi connectivity index (χ1) is 6.49. The average molecular weight is 258 g/mol. The number of anilines is 1. The number of hydrogen-bond donors (Lipinski definition) is 2. The van der Waals surface area contributed by atoms with Gasteiger partial charge in [-0.05, 0) is 18.2 Å². The van der Waals surface area contributed by atoms with E-state index >= 15 is 0 Å². The van der Waals surface area contributed by atoms with Crippen LogP contribution in [0.15, 0.2) is 23.1 Å². The van der Waals surface area contributed by atoms with Gasteiger partial charge in [0.1, 0.15) is 0 Å². The van der Waals surface area contributed by atoms with Crippen LogP contribution in [-0.4, -0.2) is 44.2 Å². The Kier molecular flexibility index (Phi) is 6.66. The van der Waals surface area contributed by atoms with Gasteiger partial charge in [-0.15, -0.1) is 0 Å². The topological polar surface area (TPSA) is 66.4 Å². The van der Waals surface area contributed by atoms with Crippen LogP contribution in [0.5, 0.6) is 0 Å². The van der Waals surface area contributed by atoms with Crippen LogP contribution in [-0.2, 0) is 15.9 Å². The van der Waals surface area contributed by atoms with Crippen molar-refractivity contribution in [1.29, 1.82) is 0 Å². The van der Waals surface area contributed by atoms with E-state index in [1.54, 1.807) is 0 Å². The second-order valence-corrected chi connectivity index (χ2v) is 4.01. The molecule has 0 saturated carbocycles. The molecule has 1 unspecified atom stereocenters. The molecule has 0 saturated heterocycles. The second kappa shape index (κ2) is 6.62. The maximum absolute atomic E-state index is 10.7. The normalized spacial score (nSPS) is 11.4. The van der Waals surface area contributed by atoms with Crippen LogP contribution in [0.25, 0.3) is 0 Å². The van der Waals surface area contributed by atoms with Crippen molar-refractivity contribution < 1.29 is 13.6 Å². The van der Waals surface area contributed by atoms with E-state index in [4.69, 9.17) is 16.2 Å². The van der Waals surface area contributed by atoms with Gasteiger partial charge in [-0.2, -0.15) is 0 Å². The third kappa shape index (κ3) is 5.10. The molecule has 1 aromatic rings. The molecule has 1 rings (SSSR count). The zero-order valence-corrected chi connectivity index (χ0v) is 8.85. The number of halogens is 1. The molecular weight excluding hydrogens is 249 g/mol. The molecule has 2 N–H and O–H groups in total. The van der Waals surface area contributed by atoms with Crippen molar-refractivity contribution in [2.75, 3.05) is 5.32 Å². The van der Waals surface area contributed by atoms with Crippen LogP contribution in [0.1, 0.15) is 6.92 Å². The average Bonchev–Trinajstić information content (AvgIpc) is 2.01. The van der Waals surface area contributed by atoms with Crippen molar-refractivity contribution in [3.63, 3.8) is 0 Å². The summed E-state index contributed by atoms with van der Waals surface area (Å²) in [6, 6.07) is 4.26. The fourth-order valence-corrected chi connectivity index (χ4v) is 1.69. The number of amides is 1. The molecule has 0 aromatic heterocycles. The summed E-state index contributed by atoms with van der Waals surface area (Å²) in [5.41, 5.74) is 0.405. The first-order valence-electron chi connectivity index (χ1n) is 3.68. The molecular formula is C8H9ClNNaO3S. The summed E-state index contributed by atoms with van der Waals surface area (Å²) >= 11 is 3.58. The molecule has 0 aliphatic carbocycles. The molecule has 0 fully saturated rings. The van der Waals surface area contributed by atoms with Crippen molar-refractivity contribution in [2.45, 2.75) is 11.8 Å². The minimum absolute atomic E-state index is 0. The maximum atomic E-state index is 10.7.